The van der Waals surface area contributed by atoms with E-state index >= 15 is 0 Å². The summed E-state index contributed by atoms with van der Waals surface area (Å²) in [7, 11) is 0. The standard InChI is InChI=1S/C18H21N3O3/c1-12-7-15(8-16(10-20)18(22)24-13(2)9-19)14(3)21(12)11-17-5-4-6-23-17/h7-8,13,17H,4-6,11H2,1-3H3/b16-8+/t13-,17-/m1/s1. The van der Waals surface area contributed by atoms with Crippen molar-refractivity contribution < 1.29 is 14.3 Å². The minimum Gasteiger partial charge on any atom is -0.443 e. The van der Waals surface area contributed by atoms with E-state index in [-0.39, 0.29) is 11.7 Å². The molecule has 126 valence electrons. The summed E-state index contributed by atoms with van der Waals surface area (Å²) in [5.41, 5.74) is 2.69. The fourth-order valence-electron chi connectivity index (χ4n) is 2.79. The van der Waals surface area contributed by atoms with E-state index in [0.29, 0.717) is 0 Å². The first-order chi connectivity index (χ1) is 11.5. The number of hydrogen-bond donors (Lipinski definition) is 0. The molecule has 2 rings (SSSR count). The second-order valence-electron chi connectivity index (χ2n) is 5.92. The first-order valence-corrected chi connectivity index (χ1v) is 7.97. The van der Waals surface area contributed by atoms with Gasteiger partial charge in [0.1, 0.15) is 17.7 Å². The van der Waals surface area contributed by atoms with E-state index in [1.54, 1.807) is 6.07 Å². The van der Waals surface area contributed by atoms with Crippen LogP contribution in [0.3, 0.4) is 0 Å². The smallest absolute Gasteiger partial charge is 0.350 e. The largest absolute Gasteiger partial charge is 0.443 e. The fraction of sp³-hybridized carbons (Fsp3) is 0.500. The third-order valence-electron chi connectivity index (χ3n) is 4.13. The summed E-state index contributed by atoms with van der Waals surface area (Å²) in [5.74, 6) is -0.782. The number of carbonyl (C=O) groups is 1. The van der Waals surface area contributed by atoms with Crippen LogP contribution in [0.1, 0.15) is 36.7 Å². The molecule has 0 spiro atoms. The number of ether oxygens (including phenoxy) is 2. The lowest BCUT2D eigenvalue weighted by molar-refractivity contribution is -0.140. The number of aromatic nitrogens is 1. The summed E-state index contributed by atoms with van der Waals surface area (Å²) < 4.78 is 12.7. The van der Waals surface area contributed by atoms with Crippen molar-refractivity contribution in [3.63, 3.8) is 0 Å². The highest BCUT2D eigenvalue weighted by Gasteiger charge is 2.20. The number of hydrogen-bond acceptors (Lipinski definition) is 5. The Morgan fingerprint density at radius 2 is 2.29 bits per heavy atom. The van der Waals surface area contributed by atoms with Gasteiger partial charge in [0.15, 0.2) is 6.10 Å². The Labute approximate surface area is 141 Å². The maximum Gasteiger partial charge on any atom is 0.350 e. The van der Waals surface area contributed by atoms with Crippen LogP contribution in [0, 0.1) is 36.5 Å². The van der Waals surface area contributed by atoms with Crippen LogP contribution in [0.2, 0.25) is 0 Å². The zero-order valence-corrected chi connectivity index (χ0v) is 14.2. The van der Waals surface area contributed by atoms with Gasteiger partial charge in [0.2, 0.25) is 0 Å². The molecule has 0 aromatic carbocycles. The molecule has 1 saturated heterocycles. The molecule has 1 aliphatic heterocycles. The van der Waals surface area contributed by atoms with Crippen LogP contribution >= 0.6 is 0 Å². The van der Waals surface area contributed by atoms with E-state index in [2.05, 4.69) is 4.57 Å². The van der Waals surface area contributed by atoms with Gasteiger partial charge in [-0.05, 0) is 51.3 Å². The predicted molar refractivity (Wildman–Crippen MR) is 87.6 cm³/mol. The molecule has 6 nitrogen and oxygen atoms in total. The van der Waals surface area contributed by atoms with Gasteiger partial charge in [-0.1, -0.05) is 0 Å². The molecule has 6 heteroatoms. The molecule has 0 unspecified atom stereocenters. The molecule has 1 aromatic heterocycles. The average Bonchev–Trinajstić information content (AvgIpc) is 3.16. The van der Waals surface area contributed by atoms with Crippen LogP contribution in [0.4, 0.5) is 0 Å². The summed E-state index contributed by atoms with van der Waals surface area (Å²) in [6.45, 7) is 6.97. The quantitative estimate of drug-likeness (QED) is 0.471. The highest BCUT2D eigenvalue weighted by atomic mass is 16.5. The molecular weight excluding hydrogens is 306 g/mol. The van der Waals surface area contributed by atoms with E-state index < -0.39 is 12.1 Å². The molecule has 1 fully saturated rings. The third-order valence-corrected chi connectivity index (χ3v) is 4.13. The molecule has 2 heterocycles. The number of aryl methyl sites for hydroxylation is 1. The van der Waals surface area contributed by atoms with Crippen molar-refractivity contribution in [2.45, 2.75) is 52.4 Å². The molecule has 1 aliphatic rings. The van der Waals surface area contributed by atoms with Crippen LogP contribution in [0.25, 0.3) is 6.08 Å². The van der Waals surface area contributed by atoms with E-state index in [4.69, 9.17) is 14.7 Å². The summed E-state index contributed by atoms with van der Waals surface area (Å²) >= 11 is 0. The normalized spacial score (nSPS) is 18.7. The van der Waals surface area contributed by atoms with Crippen LogP contribution in [-0.4, -0.2) is 29.4 Å². The van der Waals surface area contributed by atoms with Crippen molar-refractivity contribution in [3.05, 3.63) is 28.6 Å². The first kappa shape index (κ1) is 17.8. The number of nitriles is 2. The monoisotopic (exact) mass is 327 g/mol. The predicted octanol–water partition coefficient (Wildman–Crippen LogP) is 2.65. The highest BCUT2D eigenvalue weighted by molar-refractivity contribution is 5.98. The van der Waals surface area contributed by atoms with Gasteiger partial charge in [-0.25, -0.2) is 4.79 Å². The minimum absolute atomic E-state index is 0.116. The number of nitrogens with zero attached hydrogens (tertiary/aromatic N) is 3. The SMILES string of the molecule is Cc1cc(/C=C(\C#N)C(=O)O[C@H](C)C#N)c(C)n1C[C@H]1CCCO1. The zero-order valence-electron chi connectivity index (χ0n) is 14.2. The van der Waals surface area contributed by atoms with Crippen molar-refractivity contribution in [1.82, 2.24) is 4.57 Å². The second-order valence-corrected chi connectivity index (χ2v) is 5.92. The molecule has 24 heavy (non-hydrogen) atoms. The Morgan fingerprint density at radius 3 is 2.88 bits per heavy atom. The molecule has 0 N–H and O–H groups in total. The maximum atomic E-state index is 11.9. The van der Waals surface area contributed by atoms with Gasteiger partial charge in [-0.2, -0.15) is 10.5 Å². The lowest BCUT2D eigenvalue weighted by Crippen LogP contribution is -2.17. The van der Waals surface area contributed by atoms with Gasteiger partial charge in [-0.15, -0.1) is 0 Å². The molecule has 2 atom stereocenters. The maximum absolute atomic E-state index is 11.9. The molecule has 0 saturated carbocycles. The van der Waals surface area contributed by atoms with Crippen LogP contribution in [0.5, 0.6) is 0 Å². The van der Waals surface area contributed by atoms with E-state index in [0.717, 1.165) is 42.9 Å². The highest BCUT2D eigenvalue weighted by Crippen LogP contribution is 2.22. The molecule has 1 aromatic rings. The third kappa shape index (κ3) is 4.04. The Bertz CT molecular complexity index is 728. The van der Waals surface area contributed by atoms with Crippen LogP contribution < -0.4 is 0 Å². The lowest BCUT2D eigenvalue weighted by Gasteiger charge is -2.14. The van der Waals surface area contributed by atoms with E-state index in [1.165, 1.54) is 13.0 Å². The van der Waals surface area contributed by atoms with Crippen LogP contribution in [-0.2, 0) is 20.8 Å². The van der Waals surface area contributed by atoms with E-state index in [9.17, 15) is 10.1 Å². The Kier molecular flexibility index (Phi) is 5.78. The molecule has 0 bridgehead atoms. The summed E-state index contributed by atoms with van der Waals surface area (Å²) in [4.78, 5) is 11.9. The van der Waals surface area contributed by atoms with Gasteiger partial charge in [0.05, 0.1) is 6.10 Å². The Balaban J connectivity index is 2.23. The van der Waals surface area contributed by atoms with Crippen molar-refractivity contribution in [2.24, 2.45) is 0 Å². The second kappa shape index (κ2) is 7.81. The van der Waals surface area contributed by atoms with Crippen molar-refractivity contribution in [3.8, 4) is 12.1 Å². The summed E-state index contributed by atoms with van der Waals surface area (Å²) in [5, 5.41) is 17.9. The Hall–Kier alpha value is -2.57. The minimum atomic E-state index is -0.888. The van der Waals surface area contributed by atoms with Crippen LogP contribution in [0.15, 0.2) is 11.6 Å². The van der Waals surface area contributed by atoms with Gasteiger partial charge in [-0.3, -0.25) is 0 Å². The van der Waals surface area contributed by atoms with Gasteiger partial charge >= 0.3 is 5.97 Å². The lowest BCUT2D eigenvalue weighted by atomic mass is 10.1. The number of esters is 1. The number of carbonyl (C=O) groups excluding carboxylic acids is 1. The zero-order chi connectivity index (χ0) is 17.7. The molecular formula is C18H21N3O3. The topological polar surface area (TPSA) is 88.0 Å². The summed E-state index contributed by atoms with van der Waals surface area (Å²) in [6, 6.07) is 5.59. The molecule has 0 amide bonds. The summed E-state index contributed by atoms with van der Waals surface area (Å²) in [6.07, 6.45) is 2.97. The van der Waals surface area contributed by atoms with Gasteiger partial charge in [0.25, 0.3) is 0 Å². The van der Waals surface area contributed by atoms with Gasteiger partial charge < -0.3 is 14.0 Å². The molecule has 0 aliphatic carbocycles. The van der Waals surface area contributed by atoms with Crippen molar-refractivity contribution in [2.75, 3.05) is 6.61 Å². The average molecular weight is 327 g/mol. The van der Waals surface area contributed by atoms with E-state index in [1.807, 2.05) is 26.0 Å². The van der Waals surface area contributed by atoms with Crippen molar-refractivity contribution >= 4 is 12.0 Å². The number of rotatable bonds is 5. The molecule has 0 radical (unpaired) electrons. The fourth-order valence-corrected chi connectivity index (χ4v) is 2.79. The van der Waals surface area contributed by atoms with Gasteiger partial charge in [0, 0.05) is 24.5 Å². The Morgan fingerprint density at radius 1 is 1.54 bits per heavy atom. The van der Waals surface area contributed by atoms with Crippen molar-refractivity contribution in [1.29, 1.82) is 10.5 Å². The first-order valence-electron chi connectivity index (χ1n) is 7.97.